The summed E-state index contributed by atoms with van der Waals surface area (Å²) in [5.74, 6) is 2.58. The van der Waals surface area contributed by atoms with Gasteiger partial charge in [-0.25, -0.2) is 0 Å². The van der Waals surface area contributed by atoms with Gasteiger partial charge in [-0.3, -0.25) is 4.90 Å². The van der Waals surface area contributed by atoms with Crippen LogP contribution in [0.5, 0.6) is 0 Å². The Kier molecular flexibility index (Phi) is 17.5. The Labute approximate surface area is 213 Å². The van der Waals surface area contributed by atoms with E-state index in [2.05, 4.69) is 75.0 Å². The van der Waals surface area contributed by atoms with Gasteiger partial charge in [-0.2, -0.15) is 0 Å². The van der Waals surface area contributed by atoms with Crippen molar-refractivity contribution in [2.45, 2.75) is 125 Å². The summed E-state index contributed by atoms with van der Waals surface area (Å²) in [6.45, 7) is 27.4. The van der Waals surface area contributed by atoms with Crippen LogP contribution < -0.4 is 0 Å². The van der Waals surface area contributed by atoms with Crippen LogP contribution in [-0.4, -0.2) is 101 Å². The molecular formula is C28H60N4S. The van der Waals surface area contributed by atoms with E-state index in [1.807, 2.05) is 11.8 Å². The molecule has 0 bridgehead atoms. The van der Waals surface area contributed by atoms with Crippen LogP contribution in [0.2, 0.25) is 0 Å². The van der Waals surface area contributed by atoms with Crippen LogP contribution in [0.15, 0.2) is 0 Å². The number of hydrogen-bond acceptors (Lipinski definition) is 5. The molecule has 0 aliphatic carbocycles. The zero-order valence-corrected chi connectivity index (χ0v) is 24.6. The molecule has 0 unspecified atom stereocenters. The van der Waals surface area contributed by atoms with Crippen molar-refractivity contribution in [3.05, 3.63) is 0 Å². The third-order valence-corrected chi connectivity index (χ3v) is 8.36. The first-order chi connectivity index (χ1) is 15.7. The van der Waals surface area contributed by atoms with Gasteiger partial charge in [0.25, 0.3) is 0 Å². The highest BCUT2D eigenvalue weighted by atomic mass is 32.2. The van der Waals surface area contributed by atoms with Crippen LogP contribution in [0.25, 0.3) is 0 Å². The summed E-state index contributed by atoms with van der Waals surface area (Å²) >= 11 is 2.04. The fourth-order valence-corrected chi connectivity index (χ4v) is 5.72. The quantitative estimate of drug-likeness (QED) is 0.465. The van der Waals surface area contributed by atoms with Crippen molar-refractivity contribution in [1.29, 1.82) is 0 Å². The molecule has 4 rings (SSSR count). The molecule has 0 N–H and O–H groups in total. The minimum absolute atomic E-state index is 0.755. The number of thioether (sulfide) groups is 1. The van der Waals surface area contributed by atoms with Gasteiger partial charge in [0.1, 0.15) is 0 Å². The Bertz CT molecular complexity index is 411. The normalized spacial score (nSPS) is 22.9. The minimum atomic E-state index is 0.755. The minimum Gasteiger partial charge on any atom is -0.301 e. The molecule has 0 aromatic carbocycles. The third kappa shape index (κ3) is 14.4. The molecule has 4 saturated heterocycles. The van der Waals surface area contributed by atoms with Gasteiger partial charge < -0.3 is 14.7 Å². The van der Waals surface area contributed by atoms with Crippen molar-refractivity contribution in [3.8, 4) is 0 Å². The maximum Gasteiger partial charge on any atom is 0.0447 e. The third-order valence-electron chi connectivity index (χ3n) is 7.37. The van der Waals surface area contributed by atoms with E-state index in [1.165, 1.54) is 102 Å². The Morgan fingerprint density at radius 2 is 0.727 bits per heavy atom. The van der Waals surface area contributed by atoms with Gasteiger partial charge in [-0.1, -0.05) is 12.8 Å². The number of likely N-dealkylation sites (tertiary alicyclic amines) is 3. The van der Waals surface area contributed by atoms with Crippen molar-refractivity contribution < 1.29 is 0 Å². The molecule has 0 atom stereocenters. The van der Waals surface area contributed by atoms with Gasteiger partial charge in [0.15, 0.2) is 0 Å². The molecule has 0 radical (unpaired) electrons. The Morgan fingerprint density at radius 1 is 0.394 bits per heavy atom. The maximum absolute atomic E-state index is 2.56. The first kappa shape index (κ1) is 31.2. The van der Waals surface area contributed by atoms with E-state index in [1.54, 1.807) is 0 Å². The maximum atomic E-state index is 2.56. The lowest BCUT2D eigenvalue weighted by atomic mass is 10.1. The second-order valence-electron chi connectivity index (χ2n) is 11.3. The summed E-state index contributed by atoms with van der Waals surface area (Å²) in [4.78, 5) is 10.1. The first-order valence-corrected chi connectivity index (χ1v) is 15.4. The molecule has 0 aromatic rings. The molecule has 0 amide bonds. The Morgan fingerprint density at radius 3 is 0.879 bits per heavy atom. The highest BCUT2D eigenvalue weighted by molar-refractivity contribution is 7.99. The summed E-state index contributed by atoms with van der Waals surface area (Å²) in [6.07, 6.45) is 9.97. The summed E-state index contributed by atoms with van der Waals surface area (Å²) in [6, 6.07) is 3.08. The molecule has 4 fully saturated rings. The molecule has 5 heteroatoms. The number of nitrogens with zero attached hydrogens (tertiary/aromatic N) is 4. The molecule has 0 aromatic heterocycles. The van der Waals surface area contributed by atoms with E-state index in [4.69, 9.17) is 0 Å². The Balaban J connectivity index is 0.000000221. The van der Waals surface area contributed by atoms with Gasteiger partial charge >= 0.3 is 0 Å². The van der Waals surface area contributed by atoms with Crippen LogP contribution in [0.3, 0.4) is 0 Å². The smallest absolute Gasteiger partial charge is 0.0447 e. The van der Waals surface area contributed by atoms with Crippen molar-refractivity contribution in [3.63, 3.8) is 0 Å². The summed E-state index contributed by atoms with van der Waals surface area (Å²) < 4.78 is 0. The van der Waals surface area contributed by atoms with Crippen LogP contribution in [0, 0.1) is 0 Å². The topological polar surface area (TPSA) is 13.0 Å². The zero-order chi connectivity index (χ0) is 24.6. The predicted octanol–water partition coefficient (Wildman–Crippen LogP) is 6.26. The van der Waals surface area contributed by atoms with Crippen LogP contribution in [0.1, 0.15) is 100 Å². The second-order valence-corrected chi connectivity index (χ2v) is 12.4. The zero-order valence-electron chi connectivity index (χ0n) is 23.8. The van der Waals surface area contributed by atoms with Gasteiger partial charge in [0.2, 0.25) is 0 Å². The van der Waals surface area contributed by atoms with Crippen LogP contribution in [0.4, 0.5) is 0 Å². The molecule has 4 heterocycles. The largest absolute Gasteiger partial charge is 0.301 e. The molecule has 4 nitrogen and oxygen atoms in total. The SMILES string of the molecule is CC(C)N1CCC1.CC(C)N1CCCCC1.CC(C)N1CCCCC1.CC(C)N1CCSC1. The highest BCUT2D eigenvalue weighted by Crippen LogP contribution is 2.15. The summed E-state index contributed by atoms with van der Waals surface area (Å²) in [5.41, 5.74) is 0. The van der Waals surface area contributed by atoms with Crippen molar-refractivity contribution >= 4 is 11.8 Å². The predicted molar refractivity (Wildman–Crippen MR) is 152 cm³/mol. The molecule has 33 heavy (non-hydrogen) atoms. The second kappa shape index (κ2) is 18.5. The lowest BCUT2D eigenvalue weighted by Crippen LogP contribution is -2.41. The van der Waals surface area contributed by atoms with Crippen molar-refractivity contribution in [1.82, 2.24) is 19.6 Å². The molecule has 4 aliphatic rings. The van der Waals surface area contributed by atoms with E-state index in [-0.39, 0.29) is 0 Å². The van der Waals surface area contributed by atoms with E-state index < -0.39 is 0 Å². The van der Waals surface area contributed by atoms with Gasteiger partial charge in [-0.05, 0) is 127 Å². The molecular weight excluding hydrogens is 424 g/mol. The average molecular weight is 485 g/mol. The van der Waals surface area contributed by atoms with Gasteiger partial charge in [0.05, 0.1) is 0 Å². The monoisotopic (exact) mass is 484 g/mol. The molecule has 0 spiro atoms. The summed E-state index contributed by atoms with van der Waals surface area (Å²) in [5, 5.41) is 0. The van der Waals surface area contributed by atoms with Gasteiger partial charge in [-0.15, -0.1) is 11.8 Å². The van der Waals surface area contributed by atoms with Gasteiger partial charge in [0, 0.05) is 42.3 Å². The first-order valence-electron chi connectivity index (χ1n) is 14.3. The molecule has 4 aliphatic heterocycles. The lowest BCUT2D eigenvalue weighted by molar-refractivity contribution is 0.138. The standard InChI is InChI=1S/2C8H17N.C6H13NS.C6H13N/c2*1-8(2)9-6-4-3-5-7-9;1-6(2)7-3-4-8-5-7;1-6(2)7-4-3-5-7/h2*8H,3-7H2,1-2H3;6H,3-5H2,1-2H3;6H,3-5H2,1-2H3. The number of hydrogen-bond donors (Lipinski definition) is 0. The van der Waals surface area contributed by atoms with E-state index in [0.717, 1.165) is 24.2 Å². The molecule has 198 valence electrons. The Hall–Kier alpha value is 0.190. The number of rotatable bonds is 4. The van der Waals surface area contributed by atoms with E-state index in [0.29, 0.717) is 0 Å². The van der Waals surface area contributed by atoms with Crippen molar-refractivity contribution in [2.24, 2.45) is 0 Å². The van der Waals surface area contributed by atoms with Crippen molar-refractivity contribution in [2.75, 3.05) is 57.4 Å². The molecule has 0 saturated carbocycles. The summed E-state index contributed by atoms with van der Waals surface area (Å²) in [7, 11) is 0. The fraction of sp³-hybridized carbons (Fsp3) is 1.00. The average Bonchev–Trinajstić information content (AvgIpc) is 3.30. The lowest BCUT2D eigenvalue weighted by Gasteiger charge is -2.34. The van der Waals surface area contributed by atoms with E-state index in [9.17, 15) is 0 Å². The highest BCUT2D eigenvalue weighted by Gasteiger charge is 2.16. The van der Waals surface area contributed by atoms with E-state index >= 15 is 0 Å². The number of piperidine rings is 2. The van der Waals surface area contributed by atoms with Crippen LogP contribution >= 0.6 is 11.8 Å². The fourth-order valence-electron chi connectivity index (χ4n) is 4.56. The van der Waals surface area contributed by atoms with Crippen LogP contribution in [-0.2, 0) is 0 Å².